The van der Waals surface area contributed by atoms with Crippen molar-refractivity contribution in [3.05, 3.63) is 30.0 Å². The number of aromatic amines is 1. The number of nitrogens with zero attached hydrogens (tertiary/aromatic N) is 1. The molecule has 0 bridgehead atoms. The van der Waals surface area contributed by atoms with Crippen molar-refractivity contribution >= 4 is 29.2 Å². The molecule has 1 aromatic carbocycles. The molecule has 2 atom stereocenters. The van der Waals surface area contributed by atoms with E-state index in [1.807, 2.05) is 24.3 Å². The Morgan fingerprint density at radius 3 is 3.00 bits per heavy atom. The minimum Gasteiger partial charge on any atom is -0.348 e. The van der Waals surface area contributed by atoms with Gasteiger partial charge in [0.05, 0.1) is 5.52 Å². The van der Waals surface area contributed by atoms with Gasteiger partial charge in [0, 0.05) is 11.4 Å². The minimum atomic E-state index is -0.109. The summed E-state index contributed by atoms with van der Waals surface area (Å²) in [6.07, 6.45) is 3.24. The molecule has 0 radical (unpaired) electrons. The van der Waals surface area contributed by atoms with Crippen LogP contribution in [0.1, 0.15) is 29.8 Å². The van der Waals surface area contributed by atoms with Gasteiger partial charge in [-0.2, -0.15) is 5.10 Å². The highest BCUT2D eigenvalue weighted by Gasteiger charge is 2.28. The molecule has 1 saturated carbocycles. The number of halogens is 1. The van der Waals surface area contributed by atoms with Crippen LogP contribution in [-0.4, -0.2) is 28.7 Å². The molecule has 1 heterocycles. The summed E-state index contributed by atoms with van der Waals surface area (Å²) in [6, 6.07) is 7.84. The van der Waals surface area contributed by atoms with Crippen LogP contribution < -0.4 is 11.1 Å². The molecule has 5 nitrogen and oxygen atoms in total. The number of amides is 1. The molecular formula is C14H19ClN4O. The highest BCUT2D eigenvalue weighted by Crippen LogP contribution is 2.25. The third-order valence-corrected chi connectivity index (χ3v) is 3.96. The predicted molar refractivity (Wildman–Crippen MR) is 81.0 cm³/mol. The van der Waals surface area contributed by atoms with Crippen LogP contribution in [0, 0.1) is 5.92 Å². The lowest BCUT2D eigenvalue weighted by Gasteiger charge is -2.18. The largest absolute Gasteiger partial charge is 0.348 e. The van der Waals surface area contributed by atoms with E-state index in [2.05, 4.69) is 15.5 Å². The maximum Gasteiger partial charge on any atom is 0.272 e. The molecule has 1 fully saturated rings. The Kier molecular flexibility index (Phi) is 4.62. The van der Waals surface area contributed by atoms with Gasteiger partial charge in [0.1, 0.15) is 0 Å². The molecule has 0 aliphatic heterocycles. The zero-order valence-corrected chi connectivity index (χ0v) is 12.0. The smallest absolute Gasteiger partial charge is 0.272 e. The Hall–Kier alpha value is -1.59. The van der Waals surface area contributed by atoms with Gasteiger partial charge in [0.25, 0.3) is 5.91 Å². The summed E-state index contributed by atoms with van der Waals surface area (Å²) >= 11 is 0. The van der Waals surface area contributed by atoms with Crippen LogP contribution in [0.4, 0.5) is 0 Å². The average Bonchev–Trinajstić information content (AvgIpc) is 3.04. The maximum absolute atomic E-state index is 12.3. The number of hydrogen-bond donors (Lipinski definition) is 3. The van der Waals surface area contributed by atoms with E-state index in [0.29, 0.717) is 18.2 Å². The summed E-state index contributed by atoms with van der Waals surface area (Å²) in [7, 11) is 0. The first-order valence-electron chi connectivity index (χ1n) is 6.73. The fourth-order valence-corrected chi connectivity index (χ4v) is 2.88. The third-order valence-electron chi connectivity index (χ3n) is 3.96. The summed E-state index contributed by atoms with van der Waals surface area (Å²) in [6.45, 7) is 0.631. The molecule has 2 unspecified atom stereocenters. The maximum atomic E-state index is 12.3. The summed E-state index contributed by atoms with van der Waals surface area (Å²) in [5.74, 6) is 0.289. The minimum absolute atomic E-state index is 0. The van der Waals surface area contributed by atoms with E-state index < -0.39 is 0 Å². The van der Waals surface area contributed by atoms with Crippen LogP contribution >= 0.6 is 12.4 Å². The van der Waals surface area contributed by atoms with E-state index in [1.165, 1.54) is 0 Å². The summed E-state index contributed by atoms with van der Waals surface area (Å²) in [4.78, 5) is 12.3. The van der Waals surface area contributed by atoms with Crippen molar-refractivity contribution in [3.63, 3.8) is 0 Å². The van der Waals surface area contributed by atoms with E-state index >= 15 is 0 Å². The quantitative estimate of drug-likeness (QED) is 0.807. The van der Waals surface area contributed by atoms with Crippen molar-refractivity contribution < 1.29 is 4.79 Å². The van der Waals surface area contributed by atoms with E-state index in [9.17, 15) is 4.79 Å². The molecule has 0 spiro atoms. The van der Waals surface area contributed by atoms with Gasteiger partial charge in [-0.15, -0.1) is 12.4 Å². The van der Waals surface area contributed by atoms with Crippen LogP contribution in [0.5, 0.6) is 0 Å². The fraction of sp³-hybridized carbons (Fsp3) is 0.429. The van der Waals surface area contributed by atoms with Gasteiger partial charge in [0.15, 0.2) is 5.69 Å². The van der Waals surface area contributed by atoms with Crippen molar-refractivity contribution in [2.24, 2.45) is 11.7 Å². The number of H-pyrrole nitrogens is 1. The Morgan fingerprint density at radius 2 is 2.20 bits per heavy atom. The Morgan fingerprint density at radius 1 is 1.40 bits per heavy atom. The molecule has 1 aromatic heterocycles. The molecule has 3 rings (SSSR count). The molecule has 20 heavy (non-hydrogen) atoms. The van der Waals surface area contributed by atoms with E-state index in [-0.39, 0.29) is 24.4 Å². The van der Waals surface area contributed by atoms with Gasteiger partial charge in [-0.3, -0.25) is 9.89 Å². The highest BCUT2D eigenvalue weighted by molar-refractivity contribution is 6.04. The van der Waals surface area contributed by atoms with Crippen molar-refractivity contribution in [2.75, 3.05) is 6.54 Å². The second kappa shape index (κ2) is 6.24. The van der Waals surface area contributed by atoms with Crippen molar-refractivity contribution in [1.29, 1.82) is 0 Å². The second-order valence-electron chi connectivity index (χ2n) is 5.12. The number of para-hydroxylation sites is 1. The van der Waals surface area contributed by atoms with Crippen molar-refractivity contribution in [3.8, 4) is 0 Å². The fourth-order valence-electron chi connectivity index (χ4n) is 2.88. The van der Waals surface area contributed by atoms with Gasteiger partial charge >= 0.3 is 0 Å². The standard InChI is InChI=1S/C14H18N4O.ClH/c15-8-9-4-3-7-11(9)16-14(19)13-10-5-1-2-6-12(10)17-18-13;/h1-2,5-6,9,11H,3-4,7-8,15H2,(H,16,19)(H,17,18);1H. The number of nitrogens with one attached hydrogen (secondary N) is 2. The predicted octanol–water partition coefficient (Wildman–Crippen LogP) is 1.84. The molecule has 4 N–H and O–H groups in total. The lowest BCUT2D eigenvalue weighted by Crippen LogP contribution is -2.40. The topological polar surface area (TPSA) is 83.8 Å². The first-order valence-corrected chi connectivity index (χ1v) is 6.73. The second-order valence-corrected chi connectivity index (χ2v) is 5.12. The number of fused-ring (bicyclic) bond motifs is 1. The highest BCUT2D eigenvalue weighted by atomic mass is 35.5. The monoisotopic (exact) mass is 294 g/mol. The summed E-state index contributed by atoms with van der Waals surface area (Å²) in [5, 5.41) is 10.9. The summed E-state index contributed by atoms with van der Waals surface area (Å²) in [5.41, 5.74) is 7.09. The number of rotatable bonds is 3. The number of carbonyl (C=O) groups is 1. The number of aromatic nitrogens is 2. The first kappa shape index (κ1) is 14.8. The Bertz CT molecular complexity index is 598. The van der Waals surface area contributed by atoms with E-state index in [0.717, 1.165) is 30.2 Å². The molecule has 6 heteroatoms. The van der Waals surface area contributed by atoms with Crippen LogP contribution in [-0.2, 0) is 0 Å². The van der Waals surface area contributed by atoms with Crippen molar-refractivity contribution in [2.45, 2.75) is 25.3 Å². The van der Waals surface area contributed by atoms with E-state index in [4.69, 9.17) is 5.73 Å². The van der Waals surface area contributed by atoms with Crippen LogP contribution in [0.3, 0.4) is 0 Å². The van der Waals surface area contributed by atoms with Crippen LogP contribution in [0.2, 0.25) is 0 Å². The Labute approximate surface area is 123 Å². The zero-order chi connectivity index (χ0) is 13.2. The number of benzene rings is 1. The van der Waals surface area contributed by atoms with Gasteiger partial charge in [0.2, 0.25) is 0 Å². The lowest BCUT2D eigenvalue weighted by molar-refractivity contribution is 0.0925. The van der Waals surface area contributed by atoms with Crippen LogP contribution in [0.15, 0.2) is 24.3 Å². The normalized spacial score (nSPS) is 21.6. The molecule has 1 aliphatic carbocycles. The van der Waals surface area contributed by atoms with Gasteiger partial charge in [-0.25, -0.2) is 0 Å². The SMILES string of the molecule is Cl.NCC1CCCC1NC(=O)c1n[nH]c2ccccc12. The average molecular weight is 295 g/mol. The zero-order valence-electron chi connectivity index (χ0n) is 11.1. The summed E-state index contributed by atoms with van der Waals surface area (Å²) < 4.78 is 0. The molecular weight excluding hydrogens is 276 g/mol. The van der Waals surface area contributed by atoms with E-state index in [1.54, 1.807) is 0 Å². The molecule has 108 valence electrons. The number of hydrogen-bond acceptors (Lipinski definition) is 3. The molecule has 0 saturated heterocycles. The molecule has 1 aliphatic rings. The van der Waals surface area contributed by atoms with Gasteiger partial charge in [-0.1, -0.05) is 24.6 Å². The third kappa shape index (κ3) is 2.64. The van der Waals surface area contributed by atoms with Crippen molar-refractivity contribution in [1.82, 2.24) is 15.5 Å². The van der Waals surface area contributed by atoms with Gasteiger partial charge < -0.3 is 11.1 Å². The molecule has 2 aromatic rings. The number of nitrogens with two attached hydrogens (primary N) is 1. The first-order chi connectivity index (χ1) is 9.29. The van der Waals surface area contributed by atoms with Crippen LogP contribution in [0.25, 0.3) is 10.9 Å². The Balaban J connectivity index is 0.00000147. The lowest BCUT2D eigenvalue weighted by atomic mass is 10.0. The number of carbonyl (C=O) groups excluding carboxylic acids is 1. The van der Waals surface area contributed by atoms with Gasteiger partial charge in [-0.05, 0) is 31.4 Å². The molecule has 1 amide bonds.